The van der Waals surface area contributed by atoms with Gasteiger partial charge < -0.3 is 24.5 Å². The highest BCUT2D eigenvalue weighted by Gasteiger charge is 2.44. The van der Waals surface area contributed by atoms with Crippen molar-refractivity contribution in [1.82, 2.24) is 19.5 Å². The van der Waals surface area contributed by atoms with E-state index < -0.39 is 31.1 Å². The largest absolute Gasteiger partial charge is 0.458 e. The molecule has 0 amide bonds. The van der Waals surface area contributed by atoms with Crippen molar-refractivity contribution < 1.29 is 24.5 Å². The van der Waals surface area contributed by atoms with Crippen molar-refractivity contribution in [2.45, 2.75) is 31.5 Å². The molecule has 0 aliphatic carbocycles. The zero-order valence-corrected chi connectivity index (χ0v) is 13.8. The monoisotopic (exact) mass is 366 g/mol. The highest BCUT2D eigenvalue weighted by atomic mass is 35.5. The van der Waals surface area contributed by atoms with Gasteiger partial charge in [-0.2, -0.15) is 0 Å². The molecule has 3 aromatic rings. The van der Waals surface area contributed by atoms with Gasteiger partial charge in [-0.3, -0.25) is 4.57 Å². The molecule has 4 rings (SSSR count). The molecular weight excluding hydrogens is 352 g/mol. The van der Waals surface area contributed by atoms with Gasteiger partial charge >= 0.3 is 0 Å². The van der Waals surface area contributed by atoms with Crippen molar-refractivity contribution >= 4 is 22.8 Å². The van der Waals surface area contributed by atoms with Gasteiger partial charge in [-0.15, -0.1) is 0 Å². The predicted molar refractivity (Wildman–Crippen MR) is 85.8 cm³/mol. The number of ether oxygens (including phenoxy) is 1. The SMILES string of the molecule is Cc1ccc(-c2nc(Cl)c3ncn([C@@H]4O[C@H](CO)[C@@H](O)[C@H]4O)c3n2)o1. The van der Waals surface area contributed by atoms with Gasteiger partial charge in [-0.1, -0.05) is 11.6 Å². The van der Waals surface area contributed by atoms with Crippen molar-refractivity contribution in [3.8, 4) is 11.6 Å². The molecule has 9 nitrogen and oxygen atoms in total. The first-order valence-corrected chi connectivity index (χ1v) is 7.96. The standard InChI is InChI=1S/C15H15ClN4O5/c1-6-2-3-7(24-6)13-18-12(16)9-14(19-13)20(5-17-9)15-11(23)10(22)8(4-21)25-15/h2-3,5,8,10-11,15,21-23H,4H2,1H3/t8-,10-,11-,15-/m1/s1. The van der Waals surface area contributed by atoms with Crippen LogP contribution in [0.4, 0.5) is 0 Å². The summed E-state index contributed by atoms with van der Waals surface area (Å²) in [4.78, 5) is 12.7. The highest BCUT2D eigenvalue weighted by Crippen LogP contribution is 2.33. The Morgan fingerprint density at radius 2 is 2.04 bits per heavy atom. The summed E-state index contributed by atoms with van der Waals surface area (Å²) in [6.07, 6.45) is -2.95. The smallest absolute Gasteiger partial charge is 0.199 e. The second kappa shape index (κ2) is 6.04. The molecule has 3 aromatic heterocycles. The van der Waals surface area contributed by atoms with Crippen LogP contribution in [0.1, 0.15) is 12.0 Å². The summed E-state index contributed by atoms with van der Waals surface area (Å²) in [6, 6.07) is 3.50. The Balaban J connectivity index is 1.82. The van der Waals surface area contributed by atoms with Gasteiger partial charge in [-0.05, 0) is 19.1 Å². The average molecular weight is 367 g/mol. The minimum atomic E-state index is -1.25. The maximum atomic E-state index is 10.2. The van der Waals surface area contributed by atoms with Crippen molar-refractivity contribution in [3.63, 3.8) is 0 Å². The molecule has 10 heteroatoms. The Morgan fingerprint density at radius 1 is 1.24 bits per heavy atom. The second-order valence-corrected chi connectivity index (χ2v) is 6.16. The molecule has 1 fully saturated rings. The minimum absolute atomic E-state index is 0.125. The van der Waals surface area contributed by atoms with E-state index in [9.17, 15) is 15.3 Å². The number of aliphatic hydroxyl groups excluding tert-OH is 3. The normalized spacial score (nSPS) is 26.6. The molecule has 1 saturated heterocycles. The van der Waals surface area contributed by atoms with Crippen LogP contribution < -0.4 is 0 Å². The van der Waals surface area contributed by atoms with Crippen molar-refractivity contribution in [2.75, 3.05) is 6.61 Å². The van der Waals surface area contributed by atoms with Gasteiger partial charge in [0.2, 0.25) is 0 Å². The first-order valence-electron chi connectivity index (χ1n) is 7.59. The summed E-state index contributed by atoms with van der Waals surface area (Å²) in [7, 11) is 0. The Morgan fingerprint density at radius 3 is 2.68 bits per heavy atom. The molecule has 3 N–H and O–H groups in total. The van der Waals surface area contributed by atoms with Crippen LogP contribution in [0.3, 0.4) is 0 Å². The molecular formula is C15H15ClN4O5. The Hall–Kier alpha value is -2.04. The van der Waals surface area contributed by atoms with Gasteiger partial charge in [0.1, 0.15) is 29.6 Å². The summed E-state index contributed by atoms with van der Waals surface area (Å²) in [5.41, 5.74) is 0.644. The van der Waals surface area contributed by atoms with Gasteiger partial charge in [0, 0.05) is 0 Å². The number of imidazole rings is 1. The maximum Gasteiger partial charge on any atom is 0.199 e. The number of halogens is 1. The lowest BCUT2D eigenvalue weighted by molar-refractivity contribution is -0.0511. The Bertz CT molecular complexity index is 926. The number of hydrogen-bond acceptors (Lipinski definition) is 8. The summed E-state index contributed by atoms with van der Waals surface area (Å²) >= 11 is 6.20. The summed E-state index contributed by atoms with van der Waals surface area (Å²) in [5, 5.41) is 29.5. The molecule has 0 spiro atoms. The highest BCUT2D eigenvalue weighted by molar-refractivity contribution is 6.33. The van der Waals surface area contributed by atoms with E-state index in [2.05, 4.69) is 15.0 Å². The van der Waals surface area contributed by atoms with Crippen molar-refractivity contribution in [1.29, 1.82) is 0 Å². The zero-order chi connectivity index (χ0) is 17.7. The molecule has 0 saturated carbocycles. The molecule has 0 radical (unpaired) electrons. The predicted octanol–water partition coefficient (Wildman–Crippen LogP) is 0.660. The summed E-state index contributed by atoms with van der Waals surface area (Å²) in [5.74, 6) is 1.40. The van der Waals surface area contributed by atoms with E-state index >= 15 is 0 Å². The Kier molecular flexibility index (Phi) is 3.97. The van der Waals surface area contributed by atoms with Crippen LogP contribution in [0.2, 0.25) is 5.15 Å². The number of nitrogens with zero attached hydrogens (tertiary/aromatic N) is 4. The van der Waals surface area contributed by atoms with E-state index in [1.807, 2.05) is 0 Å². The molecule has 25 heavy (non-hydrogen) atoms. The van der Waals surface area contributed by atoms with Crippen LogP contribution in [0.5, 0.6) is 0 Å². The molecule has 4 atom stereocenters. The van der Waals surface area contributed by atoms with Crippen LogP contribution in [-0.4, -0.2) is 59.8 Å². The van der Waals surface area contributed by atoms with Crippen LogP contribution in [0.15, 0.2) is 22.9 Å². The number of fused-ring (bicyclic) bond motifs is 1. The second-order valence-electron chi connectivity index (χ2n) is 5.80. The number of aliphatic hydroxyl groups is 3. The minimum Gasteiger partial charge on any atom is -0.458 e. The van der Waals surface area contributed by atoms with Crippen molar-refractivity contribution in [3.05, 3.63) is 29.4 Å². The number of furan rings is 1. The van der Waals surface area contributed by atoms with E-state index in [1.165, 1.54) is 10.9 Å². The first-order chi connectivity index (χ1) is 12.0. The van der Waals surface area contributed by atoms with E-state index in [1.54, 1.807) is 19.1 Å². The third-order valence-electron chi connectivity index (χ3n) is 4.13. The topological polar surface area (TPSA) is 127 Å². The lowest BCUT2D eigenvalue weighted by Crippen LogP contribution is -2.33. The van der Waals surface area contributed by atoms with Gasteiger partial charge in [-0.25, -0.2) is 15.0 Å². The van der Waals surface area contributed by atoms with E-state index in [0.717, 1.165) is 0 Å². The van der Waals surface area contributed by atoms with Crippen molar-refractivity contribution in [2.24, 2.45) is 0 Å². The van der Waals surface area contributed by atoms with Crippen LogP contribution in [-0.2, 0) is 4.74 Å². The van der Waals surface area contributed by atoms with Gasteiger partial charge in [0.25, 0.3) is 0 Å². The van der Waals surface area contributed by atoms with Gasteiger partial charge in [0.05, 0.1) is 12.9 Å². The molecule has 0 bridgehead atoms. The van der Waals surface area contributed by atoms with Gasteiger partial charge in [0.15, 0.2) is 28.6 Å². The fourth-order valence-electron chi connectivity index (χ4n) is 2.84. The number of aryl methyl sites for hydroxylation is 1. The lowest BCUT2D eigenvalue weighted by Gasteiger charge is -2.16. The number of hydrogen-bond donors (Lipinski definition) is 3. The molecule has 1 aliphatic heterocycles. The van der Waals surface area contributed by atoms with E-state index in [0.29, 0.717) is 22.7 Å². The fourth-order valence-corrected chi connectivity index (χ4v) is 3.06. The van der Waals surface area contributed by atoms with Crippen LogP contribution in [0.25, 0.3) is 22.7 Å². The lowest BCUT2D eigenvalue weighted by atomic mass is 10.1. The molecule has 0 unspecified atom stereocenters. The van der Waals surface area contributed by atoms with Crippen LogP contribution in [0, 0.1) is 6.92 Å². The number of rotatable bonds is 3. The summed E-state index contributed by atoms with van der Waals surface area (Å²) < 4.78 is 12.5. The fraction of sp³-hybridized carbons (Fsp3) is 0.400. The molecule has 132 valence electrons. The average Bonchev–Trinajstić information content (AvgIpc) is 3.27. The summed E-state index contributed by atoms with van der Waals surface area (Å²) in [6.45, 7) is 1.38. The third kappa shape index (κ3) is 2.60. The zero-order valence-electron chi connectivity index (χ0n) is 13.1. The third-order valence-corrected chi connectivity index (χ3v) is 4.39. The number of aromatic nitrogens is 4. The maximum absolute atomic E-state index is 10.2. The quantitative estimate of drug-likeness (QED) is 0.577. The van der Waals surface area contributed by atoms with Crippen LogP contribution >= 0.6 is 11.6 Å². The molecule has 0 aromatic carbocycles. The molecule has 4 heterocycles. The molecule has 1 aliphatic rings. The Labute approximate surface area is 146 Å². The van der Waals surface area contributed by atoms with E-state index in [4.69, 9.17) is 20.8 Å². The first kappa shape index (κ1) is 16.4. The van der Waals surface area contributed by atoms with E-state index in [-0.39, 0.29) is 11.0 Å².